The minimum absolute atomic E-state index is 0.398. The van der Waals surface area contributed by atoms with Crippen molar-refractivity contribution in [2.24, 2.45) is 0 Å². The van der Waals surface area contributed by atoms with Crippen LogP contribution in [0.1, 0.15) is 22.8 Å². The topological polar surface area (TPSA) is 29.5 Å². The summed E-state index contributed by atoms with van der Waals surface area (Å²) in [6.07, 6.45) is -1.02. The summed E-state index contributed by atoms with van der Waals surface area (Å²) < 4.78 is 19.3. The zero-order valence-corrected chi connectivity index (χ0v) is 13.3. The first-order valence-corrected chi connectivity index (χ1v) is 7.08. The maximum Gasteiger partial charge on any atom is 0.139 e. The van der Waals surface area contributed by atoms with Crippen LogP contribution < -0.4 is 4.74 Å². The zero-order valence-electron chi connectivity index (χ0n) is 11.0. The molecule has 0 radical (unpaired) electrons. The molecule has 0 saturated carbocycles. The van der Waals surface area contributed by atoms with Gasteiger partial charge in [-0.25, -0.2) is 4.39 Å². The molecule has 0 amide bonds. The summed E-state index contributed by atoms with van der Waals surface area (Å²) in [6, 6.07) is 7.58. The molecule has 2 nitrogen and oxygen atoms in total. The van der Waals surface area contributed by atoms with Gasteiger partial charge in [0.2, 0.25) is 0 Å². The maximum absolute atomic E-state index is 13.4. The Hall–Kier alpha value is -1.10. The second-order valence-corrected chi connectivity index (χ2v) is 5.70. The highest BCUT2D eigenvalue weighted by atomic mass is 79.9. The Kier molecular flexibility index (Phi) is 4.68. The van der Waals surface area contributed by atoms with E-state index >= 15 is 0 Å². The molecule has 2 aromatic carbocycles. The standard InChI is InChI=1S/C15H13BrClFO2/c1-8-3-4-10(18)7-11(8)14(19)12-5-9(17)6-13(16)15(12)20-2/h3-7,14,19H,1-2H3. The maximum atomic E-state index is 13.4. The first-order chi connectivity index (χ1) is 9.43. The van der Waals surface area contributed by atoms with Crippen LogP contribution in [0.4, 0.5) is 4.39 Å². The van der Waals surface area contributed by atoms with Crippen LogP contribution in [0.15, 0.2) is 34.8 Å². The molecule has 1 unspecified atom stereocenters. The van der Waals surface area contributed by atoms with Gasteiger partial charge in [0.25, 0.3) is 0 Å². The summed E-state index contributed by atoms with van der Waals surface area (Å²) in [4.78, 5) is 0. The number of aliphatic hydroxyl groups is 1. The predicted molar refractivity (Wildman–Crippen MR) is 80.9 cm³/mol. The highest BCUT2D eigenvalue weighted by Gasteiger charge is 2.20. The van der Waals surface area contributed by atoms with E-state index < -0.39 is 11.9 Å². The molecule has 0 spiro atoms. The smallest absolute Gasteiger partial charge is 0.139 e. The zero-order chi connectivity index (χ0) is 14.9. The van der Waals surface area contributed by atoms with Crippen LogP contribution in [-0.2, 0) is 0 Å². The third-order valence-electron chi connectivity index (χ3n) is 3.07. The summed E-state index contributed by atoms with van der Waals surface area (Å²) in [6.45, 7) is 1.81. The van der Waals surface area contributed by atoms with Gasteiger partial charge in [0.1, 0.15) is 17.7 Å². The van der Waals surface area contributed by atoms with E-state index in [9.17, 15) is 9.50 Å². The lowest BCUT2D eigenvalue weighted by atomic mass is 9.96. The summed E-state index contributed by atoms with van der Waals surface area (Å²) in [5, 5.41) is 11.0. The number of hydrogen-bond acceptors (Lipinski definition) is 2. The molecule has 1 atom stereocenters. The normalized spacial score (nSPS) is 12.3. The minimum Gasteiger partial charge on any atom is -0.495 e. The van der Waals surface area contributed by atoms with Crippen molar-refractivity contribution in [3.63, 3.8) is 0 Å². The Balaban J connectivity index is 2.58. The van der Waals surface area contributed by atoms with Crippen LogP contribution in [0.5, 0.6) is 5.75 Å². The van der Waals surface area contributed by atoms with Crippen LogP contribution in [0.2, 0.25) is 5.02 Å². The average Bonchev–Trinajstić information content (AvgIpc) is 2.40. The van der Waals surface area contributed by atoms with Crippen molar-refractivity contribution >= 4 is 27.5 Å². The number of aliphatic hydroxyl groups excluding tert-OH is 1. The number of rotatable bonds is 3. The van der Waals surface area contributed by atoms with E-state index in [2.05, 4.69) is 15.9 Å². The van der Waals surface area contributed by atoms with Gasteiger partial charge in [0.15, 0.2) is 0 Å². The molecule has 0 bridgehead atoms. The van der Waals surface area contributed by atoms with Crippen molar-refractivity contribution in [3.8, 4) is 5.75 Å². The van der Waals surface area contributed by atoms with Crippen LogP contribution >= 0.6 is 27.5 Å². The third-order valence-corrected chi connectivity index (χ3v) is 3.88. The highest BCUT2D eigenvalue weighted by molar-refractivity contribution is 9.10. The molecule has 0 aliphatic carbocycles. The molecular weight excluding hydrogens is 347 g/mol. The lowest BCUT2D eigenvalue weighted by Crippen LogP contribution is -2.05. The number of methoxy groups -OCH3 is 1. The number of aryl methyl sites for hydroxylation is 1. The van der Waals surface area contributed by atoms with Gasteiger partial charge in [0, 0.05) is 10.6 Å². The van der Waals surface area contributed by atoms with E-state index in [0.29, 0.717) is 26.4 Å². The molecule has 5 heteroatoms. The van der Waals surface area contributed by atoms with E-state index in [-0.39, 0.29) is 0 Å². The van der Waals surface area contributed by atoms with Gasteiger partial charge in [0.05, 0.1) is 11.6 Å². The van der Waals surface area contributed by atoms with Crippen LogP contribution in [0.25, 0.3) is 0 Å². The molecule has 1 N–H and O–H groups in total. The van der Waals surface area contributed by atoms with Gasteiger partial charge in [-0.1, -0.05) is 17.7 Å². The molecule has 0 aliphatic heterocycles. The fourth-order valence-corrected chi connectivity index (χ4v) is 3.07. The molecule has 106 valence electrons. The number of ether oxygens (including phenoxy) is 1. The number of halogens is 3. The molecule has 0 aromatic heterocycles. The third kappa shape index (κ3) is 2.97. The van der Waals surface area contributed by atoms with Gasteiger partial charge in [-0.2, -0.15) is 0 Å². The quantitative estimate of drug-likeness (QED) is 0.865. The van der Waals surface area contributed by atoms with Crippen molar-refractivity contribution in [2.45, 2.75) is 13.0 Å². The van der Waals surface area contributed by atoms with Crippen LogP contribution in [0.3, 0.4) is 0 Å². The van der Waals surface area contributed by atoms with Gasteiger partial charge in [-0.05, 0) is 58.2 Å². The molecule has 2 rings (SSSR count). The van der Waals surface area contributed by atoms with Crippen molar-refractivity contribution in [1.29, 1.82) is 0 Å². The lowest BCUT2D eigenvalue weighted by Gasteiger charge is -2.18. The number of benzene rings is 2. The Labute approximate surface area is 130 Å². The fourth-order valence-electron chi connectivity index (χ4n) is 2.07. The monoisotopic (exact) mass is 358 g/mol. The van der Waals surface area contributed by atoms with Gasteiger partial charge in [-0.3, -0.25) is 0 Å². The first-order valence-electron chi connectivity index (χ1n) is 5.91. The van der Waals surface area contributed by atoms with Gasteiger partial charge in [-0.15, -0.1) is 0 Å². The molecule has 0 saturated heterocycles. The fraction of sp³-hybridized carbons (Fsp3) is 0.200. The summed E-state index contributed by atoms with van der Waals surface area (Å²) in [5.41, 5.74) is 1.76. The molecule has 0 heterocycles. The summed E-state index contributed by atoms with van der Waals surface area (Å²) in [5.74, 6) is 0.0790. The SMILES string of the molecule is COc1c(Br)cc(Cl)cc1C(O)c1cc(F)ccc1C. The second-order valence-electron chi connectivity index (χ2n) is 4.41. The Morgan fingerprint density at radius 2 is 1.95 bits per heavy atom. The first kappa shape index (κ1) is 15.3. The van der Waals surface area contributed by atoms with E-state index in [1.54, 1.807) is 18.2 Å². The van der Waals surface area contributed by atoms with Crippen molar-refractivity contribution < 1.29 is 14.2 Å². The molecule has 20 heavy (non-hydrogen) atoms. The van der Waals surface area contributed by atoms with Crippen LogP contribution in [-0.4, -0.2) is 12.2 Å². The van der Waals surface area contributed by atoms with E-state index in [4.69, 9.17) is 16.3 Å². The molecule has 2 aromatic rings. The van der Waals surface area contributed by atoms with Gasteiger partial charge >= 0.3 is 0 Å². The van der Waals surface area contributed by atoms with Crippen LogP contribution in [0, 0.1) is 12.7 Å². The lowest BCUT2D eigenvalue weighted by molar-refractivity contribution is 0.213. The predicted octanol–water partition coefficient (Wildman–Crippen LogP) is 4.64. The Morgan fingerprint density at radius 3 is 2.60 bits per heavy atom. The number of hydrogen-bond donors (Lipinski definition) is 1. The van der Waals surface area contributed by atoms with Crippen molar-refractivity contribution in [3.05, 3.63) is 62.3 Å². The largest absolute Gasteiger partial charge is 0.495 e. The average molecular weight is 360 g/mol. The Morgan fingerprint density at radius 1 is 1.25 bits per heavy atom. The highest BCUT2D eigenvalue weighted by Crippen LogP contribution is 2.39. The summed E-state index contributed by atoms with van der Waals surface area (Å²) >= 11 is 9.35. The Bertz CT molecular complexity index is 646. The van der Waals surface area contributed by atoms with E-state index in [1.165, 1.54) is 19.2 Å². The molecular formula is C15H13BrClFO2. The molecule has 0 fully saturated rings. The van der Waals surface area contributed by atoms with Gasteiger partial charge < -0.3 is 9.84 Å². The summed E-state index contributed by atoms with van der Waals surface area (Å²) in [7, 11) is 1.50. The van der Waals surface area contributed by atoms with E-state index in [1.807, 2.05) is 6.92 Å². The van der Waals surface area contributed by atoms with Crippen molar-refractivity contribution in [1.82, 2.24) is 0 Å². The second kappa shape index (κ2) is 6.12. The minimum atomic E-state index is -1.02. The van der Waals surface area contributed by atoms with Crippen molar-refractivity contribution in [2.75, 3.05) is 7.11 Å². The molecule has 0 aliphatic rings. The van der Waals surface area contributed by atoms with E-state index in [0.717, 1.165) is 5.56 Å².